The van der Waals surface area contributed by atoms with Crippen molar-refractivity contribution in [1.29, 1.82) is 0 Å². The molecular formula is C10H12O5. The Kier molecular flexibility index (Phi) is 3.49. The second-order valence-corrected chi connectivity index (χ2v) is 3.05. The highest BCUT2D eigenvalue weighted by Gasteiger charge is 2.22. The van der Waals surface area contributed by atoms with Gasteiger partial charge in [-0.2, -0.15) is 0 Å². The Labute approximate surface area is 87.3 Å². The third-order valence-corrected chi connectivity index (χ3v) is 1.82. The van der Waals surface area contributed by atoms with Crippen LogP contribution in [0, 0.1) is 0 Å². The van der Waals surface area contributed by atoms with Gasteiger partial charge in [0.2, 0.25) is 0 Å². The van der Waals surface area contributed by atoms with Crippen LogP contribution in [0.15, 0.2) is 23.5 Å². The Hall–Kier alpha value is -1.78. The molecule has 0 bridgehead atoms. The van der Waals surface area contributed by atoms with Gasteiger partial charge >= 0.3 is 11.9 Å². The summed E-state index contributed by atoms with van der Waals surface area (Å²) in [6, 6.07) is 0. The minimum atomic E-state index is -0.753. The van der Waals surface area contributed by atoms with Crippen molar-refractivity contribution in [3.05, 3.63) is 23.5 Å². The molecule has 1 heterocycles. The van der Waals surface area contributed by atoms with E-state index < -0.39 is 18.2 Å². The first-order chi connectivity index (χ1) is 7.04. The monoisotopic (exact) mass is 212 g/mol. The van der Waals surface area contributed by atoms with E-state index in [1.54, 1.807) is 13.8 Å². The Morgan fingerprint density at radius 2 is 2.27 bits per heavy atom. The molecule has 0 aromatic rings. The fraction of sp³-hybridized carbons (Fsp3) is 0.400. The maximum absolute atomic E-state index is 11.0. The number of cyclic esters (lactones) is 1. The zero-order valence-electron chi connectivity index (χ0n) is 8.77. The van der Waals surface area contributed by atoms with Crippen LogP contribution >= 0.6 is 0 Å². The Balaban J connectivity index is 2.52. The van der Waals surface area contributed by atoms with Gasteiger partial charge in [0.1, 0.15) is 0 Å². The van der Waals surface area contributed by atoms with Crippen LogP contribution < -0.4 is 0 Å². The maximum Gasteiger partial charge on any atom is 0.336 e. The van der Waals surface area contributed by atoms with E-state index in [1.807, 2.05) is 0 Å². The van der Waals surface area contributed by atoms with Crippen molar-refractivity contribution < 1.29 is 23.8 Å². The molecule has 1 aliphatic rings. The second kappa shape index (κ2) is 4.63. The number of rotatable bonds is 3. The van der Waals surface area contributed by atoms with Gasteiger partial charge in [-0.05, 0) is 13.8 Å². The van der Waals surface area contributed by atoms with E-state index in [1.165, 1.54) is 19.4 Å². The van der Waals surface area contributed by atoms with Gasteiger partial charge in [0.15, 0.2) is 0 Å². The molecule has 15 heavy (non-hydrogen) atoms. The molecule has 0 aromatic carbocycles. The van der Waals surface area contributed by atoms with Crippen LogP contribution in [0.2, 0.25) is 0 Å². The first kappa shape index (κ1) is 11.3. The third-order valence-electron chi connectivity index (χ3n) is 1.82. The molecule has 0 radical (unpaired) electrons. The summed E-state index contributed by atoms with van der Waals surface area (Å²) >= 11 is 0. The van der Waals surface area contributed by atoms with Crippen LogP contribution in [-0.4, -0.2) is 25.3 Å². The highest BCUT2D eigenvalue weighted by atomic mass is 16.7. The van der Waals surface area contributed by atoms with Crippen molar-refractivity contribution in [1.82, 2.24) is 0 Å². The van der Waals surface area contributed by atoms with Crippen molar-refractivity contribution in [2.75, 3.05) is 7.11 Å². The molecule has 0 saturated heterocycles. The van der Waals surface area contributed by atoms with Crippen molar-refractivity contribution in [2.45, 2.75) is 20.1 Å². The molecule has 5 heteroatoms. The van der Waals surface area contributed by atoms with Gasteiger partial charge in [0, 0.05) is 11.6 Å². The van der Waals surface area contributed by atoms with Crippen molar-refractivity contribution in [3.8, 4) is 0 Å². The van der Waals surface area contributed by atoms with Crippen LogP contribution in [-0.2, 0) is 23.8 Å². The Morgan fingerprint density at radius 3 is 2.73 bits per heavy atom. The molecule has 1 aliphatic heterocycles. The molecule has 1 atom stereocenters. The van der Waals surface area contributed by atoms with E-state index in [2.05, 4.69) is 4.74 Å². The molecule has 0 spiro atoms. The zero-order chi connectivity index (χ0) is 11.4. The Bertz CT molecular complexity index is 340. The van der Waals surface area contributed by atoms with E-state index in [0.717, 1.165) is 0 Å². The number of ether oxygens (including phenoxy) is 3. The van der Waals surface area contributed by atoms with Crippen LogP contribution in [0.1, 0.15) is 13.8 Å². The van der Waals surface area contributed by atoms with Gasteiger partial charge in [-0.15, -0.1) is 0 Å². The van der Waals surface area contributed by atoms with Crippen molar-refractivity contribution >= 4 is 11.9 Å². The summed E-state index contributed by atoms with van der Waals surface area (Å²) in [4.78, 5) is 21.9. The zero-order valence-corrected chi connectivity index (χ0v) is 8.77. The molecule has 82 valence electrons. The second-order valence-electron chi connectivity index (χ2n) is 3.05. The predicted molar refractivity (Wildman–Crippen MR) is 50.5 cm³/mol. The molecule has 0 aliphatic carbocycles. The first-order valence-corrected chi connectivity index (χ1v) is 4.34. The Morgan fingerprint density at radius 1 is 1.60 bits per heavy atom. The molecule has 0 fully saturated rings. The van der Waals surface area contributed by atoms with Crippen LogP contribution in [0.25, 0.3) is 0 Å². The van der Waals surface area contributed by atoms with Gasteiger partial charge < -0.3 is 14.2 Å². The van der Waals surface area contributed by atoms with Gasteiger partial charge in [-0.25, -0.2) is 9.59 Å². The lowest BCUT2D eigenvalue weighted by molar-refractivity contribution is -0.152. The first-order valence-electron chi connectivity index (χ1n) is 4.34. The summed E-state index contributed by atoms with van der Waals surface area (Å²) in [5, 5.41) is 0. The molecule has 0 amide bonds. The van der Waals surface area contributed by atoms with E-state index in [0.29, 0.717) is 11.1 Å². The van der Waals surface area contributed by atoms with Gasteiger partial charge in [0.05, 0.1) is 18.9 Å². The van der Waals surface area contributed by atoms with Gasteiger partial charge in [0.25, 0.3) is 6.29 Å². The fourth-order valence-electron chi connectivity index (χ4n) is 0.950. The maximum atomic E-state index is 11.0. The third kappa shape index (κ3) is 2.83. The van der Waals surface area contributed by atoms with Crippen molar-refractivity contribution in [3.63, 3.8) is 0 Å². The molecule has 1 unspecified atom stereocenters. The van der Waals surface area contributed by atoms with E-state index >= 15 is 0 Å². The minimum Gasteiger partial charge on any atom is -0.466 e. The number of carbonyl (C=O) groups excluding carboxylic acids is 2. The largest absolute Gasteiger partial charge is 0.466 e. The SMILES string of the molecule is COC(=O)/C(C)=C/OC1C=C(C)C(=O)O1. The number of hydrogen-bond donors (Lipinski definition) is 0. The topological polar surface area (TPSA) is 61.8 Å². The normalized spacial score (nSPS) is 20.7. The molecule has 0 aromatic heterocycles. The highest BCUT2D eigenvalue weighted by Crippen LogP contribution is 2.14. The molecule has 1 rings (SSSR count). The van der Waals surface area contributed by atoms with E-state index in [-0.39, 0.29) is 0 Å². The van der Waals surface area contributed by atoms with Crippen molar-refractivity contribution in [2.24, 2.45) is 0 Å². The highest BCUT2D eigenvalue weighted by molar-refractivity contribution is 5.90. The fourth-order valence-corrected chi connectivity index (χ4v) is 0.950. The average Bonchev–Trinajstić information content (AvgIpc) is 2.54. The number of esters is 2. The summed E-state index contributed by atoms with van der Waals surface area (Å²) in [5.41, 5.74) is 0.788. The molecule has 5 nitrogen and oxygen atoms in total. The standard InChI is InChI=1S/C10H12O5/c1-6-4-8(15-10(6)12)14-5-7(2)9(11)13-3/h4-5,8H,1-3H3/b7-5+. The van der Waals surface area contributed by atoms with Crippen LogP contribution in [0.3, 0.4) is 0 Å². The lowest BCUT2D eigenvalue weighted by atomic mass is 10.3. The lowest BCUT2D eigenvalue weighted by Crippen LogP contribution is -2.10. The molecule has 0 saturated carbocycles. The number of methoxy groups -OCH3 is 1. The van der Waals surface area contributed by atoms with Gasteiger partial charge in [-0.3, -0.25) is 0 Å². The quantitative estimate of drug-likeness (QED) is 0.395. The lowest BCUT2D eigenvalue weighted by Gasteiger charge is -2.07. The predicted octanol–water partition coefficient (Wildman–Crippen LogP) is 0.909. The van der Waals surface area contributed by atoms with E-state index in [9.17, 15) is 9.59 Å². The van der Waals surface area contributed by atoms with Crippen LogP contribution in [0.5, 0.6) is 0 Å². The number of hydrogen-bond acceptors (Lipinski definition) is 5. The smallest absolute Gasteiger partial charge is 0.336 e. The summed E-state index contributed by atoms with van der Waals surface area (Å²) in [5.74, 6) is -0.899. The number of carbonyl (C=O) groups is 2. The average molecular weight is 212 g/mol. The molecule has 0 N–H and O–H groups in total. The molecular weight excluding hydrogens is 200 g/mol. The van der Waals surface area contributed by atoms with E-state index in [4.69, 9.17) is 9.47 Å². The van der Waals surface area contributed by atoms with Crippen LogP contribution in [0.4, 0.5) is 0 Å². The minimum absolute atomic E-state index is 0.298. The summed E-state index contributed by atoms with van der Waals surface area (Å²) in [6.45, 7) is 3.17. The summed E-state index contributed by atoms with van der Waals surface area (Å²) in [7, 11) is 1.28. The summed E-state index contributed by atoms with van der Waals surface area (Å²) in [6.07, 6.45) is 1.99. The summed E-state index contributed by atoms with van der Waals surface area (Å²) < 4.78 is 14.3. The van der Waals surface area contributed by atoms with Gasteiger partial charge in [-0.1, -0.05) is 0 Å².